The first kappa shape index (κ1) is 13.3. The fourth-order valence-corrected chi connectivity index (χ4v) is 3.67. The molecule has 3 atom stereocenters. The van der Waals surface area contributed by atoms with Gasteiger partial charge in [0.05, 0.1) is 0 Å². The Morgan fingerprint density at radius 2 is 2.20 bits per heavy atom. The molecule has 1 amide bonds. The van der Waals surface area contributed by atoms with Crippen molar-refractivity contribution < 1.29 is 9.18 Å². The van der Waals surface area contributed by atoms with Crippen molar-refractivity contribution >= 4 is 11.6 Å². The summed E-state index contributed by atoms with van der Waals surface area (Å²) in [7, 11) is 0. The summed E-state index contributed by atoms with van der Waals surface area (Å²) < 4.78 is 13.1. The fraction of sp³-hybridized carbons (Fsp3) is 0.500. The predicted octanol–water partition coefficient (Wildman–Crippen LogP) is 3.37. The van der Waals surface area contributed by atoms with Gasteiger partial charge < -0.3 is 0 Å². The van der Waals surface area contributed by atoms with Crippen LogP contribution in [0.3, 0.4) is 0 Å². The molecule has 106 valence electrons. The highest BCUT2D eigenvalue weighted by molar-refractivity contribution is 5.95. The molecule has 1 aromatic carbocycles. The van der Waals surface area contributed by atoms with Crippen molar-refractivity contribution in [2.75, 3.05) is 0 Å². The van der Waals surface area contributed by atoms with Gasteiger partial charge in [0.25, 0.3) is 5.91 Å². The van der Waals surface area contributed by atoms with Crippen LogP contribution in [0.5, 0.6) is 0 Å². The number of carbonyl (C=O) groups excluding carboxylic acids is 1. The Bertz CT molecular complexity index is 555. The van der Waals surface area contributed by atoms with E-state index in [9.17, 15) is 9.18 Å². The number of carbonyl (C=O) groups is 1. The highest BCUT2D eigenvalue weighted by Crippen LogP contribution is 2.48. The number of hydrogen-bond donors (Lipinski definition) is 1. The van der Waals surface area contributed by atoms with Crippen molar-refractivity contribution in [2.45, 2.75) is 32.6 Å². The molecule has 3 rings (SSSR count). The number of hydrazone groups is 1. The molecule has 2 fully saturated rings. The monoisotopic (exact) mass is 274 g/mol. The molecular weight excluding hydrogens is 255 g/mol. The van der Waals surface area contributed by atoms with Gasteiger partial charge in [-0.05, 0) is 56.2 Å². The largest absolute Gasteiger partial charge is 0.271 e. The van der Waals surface area contributed by atoms with Crippen LogP contribution in [0.25, 0.3) is 0 Å². The highest BCUT2D eigenvalue weighted by Gasteiger charge is 2.40. The third-order valence-corrected chi connectivity index (χ3v) is 4.70. The number of nitrogens with one attached hydrogen (secondary N) is 1. The second-order valence-corrected chi connectivity index (χ2v) is 5.99. The molecule has 0 aliphatic heterocycles. The summed E-state index contributed by atoms with van der Waals surface area (Å²) in [5, 5.41) is 4.23. The van der Waals surface area contributed by atoms with E-state index < -0.39 is 5.82 Å². The summed E-state index contributed by atoms with van der Waals surface area (Å²) in [6.45, 7) is 1.98. The maximum Gasteiger partial charge on any atom is 0.271 e. The Kier molecular flexibility index (Phi) is 3.55. The number of rotatable bonds is 3. The lowest BCUT2D eigenvalue weighted by molar-refractivity contribution is 0.0954. The Labute approximate surface area is 118 Å². The van der Waals surface area contributed by atoms with Gasteiger partial charge >= 0.3 is 0 Å². The van der Waals surface area contributed by atoms with Crippen LogP contribution < -0.4 is 5.43 Å². The number of nitrogens with zero attached hydrogens (tertiary/aromatic N) is 1. The molecule has 0 spiro atoms. The average molecular weight is 274 g/mol. The van der Waals surface area contributed by atoms with E-state index in [1.807, 2.05) is 6.92 Å². The summed E-state index contributed by atoms with van der Waals surface area (Å²) in [4.78, 5) is 11.9. The van der Waals surface area contributed by atoms with E-state index in [1.54, 1.807) is 6.07 Å². The maximum atomic E-state index is 13.1. The molecule has 2 bridgehead atoms. The zero-order valence-electron chi connectivity index (χ0n) is 11.6. The molecule has 3 nitrogen and oxygen atoms in total. The molecular formula is C16H19FN2O. The molecule has 0 heterocycles. The first-order valence-corrected chi connectivity index (χ1v) is 7.23. The SMILES string of the molecule is C/C(=N\NC(=O)c1cccc(F)c1)C1CC2CCC1C2. The Morgan fingerprint density at radius 1 is 1.35 bits per heavy atom. The van der Waals surface area contributed by atoms with E-state index in [4.69, 9.17) is 0 Å². The van der Waals surface area contributed by atoms with Crippen LogP contribution in [0.4, 0.5) is 4.39 Å². The molecule has 1 N–H and O–H groups in total. The molecule has 0 saturated heterocycles. The zero-order chi connectivity index (χ0) is 14.1. The first-order valence-electron chi connectivity index (χ1n) is 7.23. The summed E-state index contributed by atoms with van der Waals surface area (Å²) in [6.07, 6.45) is 5.16. The fourth-order valence-electron chi connectivity index (χ4n) is 3.67. The molecule has 2 saturated carbocycles. The van der Waals surface area contributed by atoms with Crippen LogP contribution in [-0.4, -0.2) is 11.6 Å². The minimum Gasteiger partial charge on any atom is -0.267 e. The number of amides is 1. The van der Waals surface area contributed by atoms with Gasteiger partial charge in [-0.15, -0.1) is 0 Å². The van der Waals surface area contributed by atoms with Gasteiger partial charge in [-0.2, -0.15) is 5.10 Å². The van der Waals surface area contributed by atoms with Crippen molar-refractivity contribution in [2.24, 2.45) is 22.9 Å². The second kappa shape index (κ2) is 5.35. The van der Waals surface area contributed by atoms with E-state index in [-0.39, 0.29) is 5.91 Å². The highest BCUT2D eigenvalue weighted by atomic mass is 19.1. The molecule has 20 heavy (non-hydrogen) atoms. The number of benzene rings is 1. The smallest absolute Gasteiger partial charge is 0.267 e. The van der Waals surface area contributed by atoms with Crippen molar-refractivity contribution in [3.05, 3.63) is 35.6 Å². The van der Waals surface area contributed by atoms with Gasteiger partial charge in [0.2, 0.25) is 0 Å². The van der Waals surface area contributed by atoms with Crippen LogP contribution in [0.2, 0.25) is 0 Å². The van der Waals surface area contributed by atoms with Gasteiger partial charge in [0, 0.05) is 17.2 Å². The maximum absolute atomic E-state index is 13.1. The van der Waals surface area contributed by atoms with E-state index in [1.165, 1.54) is 43.9 Å². The van der Waals surface area contributed by atoms with E-state index >= 15 is 0 Å². The Balaban J connectivity index is 1.63. The molecule has 2 aliphatic carbocycles. The van der Waals surface area contributed by atoms with Crippen molar-refractivity contribution in [3.63, 3.8) is 0 Å². The van der Waals surface area contributed by atoms with Crippen molar-refractivity contribution in [1.29, 1.82) is 0 Å². The quantitative estimate of drug-likeness (QED) is 0.666. The van der Waals surface area contributed by atoms with Crippen LogP contribution in [0.1, 0.15) is 43.0 Å². The summed E-state index contributed by atoms with van der Waals surface area (Å²) >= 11 is 0. The van der Waals surface area contributed by atoms with Gasteiger partial charge in [0.15, 0.2) is 0 Å². The van der Waals surface area contributed by atoms with Crippen molar-refractivity contribution in [1.82, 2.24) is 5.43 Å². The number of fused-ring (bicyclic) bond motifs is 2. The van der Waals surface area contributed by atoms with Gasteiger partial charge in [-0.25, -0.2) is 9.82 Å². The molecule has 0 radical (unpaired) electrons. The van der Waals surface area contributed by atoms with Gasteiger partial charge in [-0.3, -0.25) is 4.79 Å². The third kappa shape index (κ3) is 2.60. The number of halogens is 1. The average Bonchev–Trinajstić information content (AvgIpc) is 3.07. The number of hydrogen-bond acceptors (Lipinski definition) is 2. The van der Waals surface area contributed by atoms with Gasteiger partial charge in [0.1, 0.15) is 5.82 Å². The van der Waals surface area contributed by atoms with E-state index in [2.05, 4.69) is 10.5 Å². The molecule has 2 aliphatic rings. The van der Waals surface area contributed by atoms with Crippen molar-refractivity contribution in [3.8, 4) is 0 Å². The van der Waals surface area contributed by atoms with E-state index in [0.29, 0.717) is 11.5 Å². The minimum atomic E-state index is -0.411. The summed E-state index contributed by atoms with van der Waals surface area (Å²) in [6, 6.07) is 5.65. The lowest BCUT2D eigenvalue weighted by Crippen LogP contribution is -2.24. The molecule has 4 heteroatoms. The standard InChI is InChI=1S/C16H19FN2O/c1-10(15-8-11-5-6-12(15)7-11)18-19-16(20)13-3-2-4-14(17)9-13/h2-4,9,11-12,15H,5-8H2,1H3,(H,19,20)/b18-10+. The second-order valence-electron chi connectivity index (χ2n) is 5.99. The van der Waals surface area contributed by atoms with Gasteiger partial charge in [-0.1, -0.05) is 12.5 Å². The predicted molar refractivity (Wildman–Crippen MR) is 75.9 cm³/mol. The Hall–Kier alpha value is -1.71. The third-order valence-electron chi connectivity index (χ3n) is 4.70. The Morgan fingerprint density at radius 3 is 2.85 bits per heavy atom. The summed E-state index contributed by atoms with van der Waals surface area (Å²) in [5.41, 5.74) is 3.85. The van der Waals surface area contributed by atoms with Crippen LogP contribution >= 0.6 is 0 Å². The summed E-state index contributed by atoms with van der Waals surface area (Å²) in [5.74, 6) is 1.35. The molecule has 1 aromatic rings. The zero-order valence-corrected chi connectivity index (χ0v) is 11.6. The van der Waals surface area contributed by atoms with Crippen LogP contribution in [0.15, 0.2) is 29.4 Å². The lowest BCUT2D eigenvalue weighted by atomic mass is 9.86. The van der Waals surface area contributed by atoms with E-state index in [0.717, 1.165) is 17.5 Å². The molecule has 0 aromatic heterocycles. The lowest BCUT2D eigenvalue weighted by Gasteiger charge is -2.21. The minimum absolute atomic E-state index is 0.300. The van der Waals surface area contributed by atoms with Crippen LogP contribution in [-0.2, 0) is 0 Å². The first-order chi connectivity index (χ1) is 9.63. The topological polar surface area (TPSA) is 41.5 Å². The normalized spacial score (nSPS) is 28.7. The van der Waals surface area contributed by atoms with Crippen LogP contribution in [0, 0.1) is 23.6 Å². The molecule has 3 unspecified atom stereocenters.